The minimum Gasteiger partial charge on any atom is -0.458 e. The molecule has 1 aromatic heterocycles. The molecule has 2 nitrogen and oxygen atoms in total. The van der Waals surface area contributed by atoms with Gasteiger partial charge in [-0.2, -0.15) is 0 Å². The van der Waals surface area contributed by atoms with Crippen LogP contribution in [0.15, 0.2) is 22.6 Å². The Morgan fingerprint density at radius 3 is 2.94 bits per heavy atom. The van der Waals surface area contributed by atoms with Crippen molar-refractivity contribution in [2.75, 3.05) is 6.54 Å². The Morgan fingerprint density at radius 2 is 2.24 bits per heavy atom. The lowest BCUT2D eigenvalue weighted by Gasteiger charge is -2.01. The van der Waals surface area contributed by atoms with Gasteiger partial charge in [-0.05, 0) is 54.0 Å². The van der Waals surface area contributed by atoms with Gasteiger partial charge in [0.25, 0.3) is 0 Å². The van der Waals surface area contributed by atoms with Crippen LogP contribution in [0.3, 0.4) is 0 Å². The summed E-state index contributed by atoms with van der Waals surface area (Å²) in [5, 5.41) is 4.70. The highest BCUT2D eigenvalue weighted by Gasteiger charge is 2.30. The van der Waals surface area contributed by atoms with Crippen molar-refractivity contribution in [3.05, 3.63) is 33.1 Å². The third kappa shape index (κ3) is 2.10. The van der Waals surface area contributed by atoms with E-state index in [9.17, 15) is 0 Å². The van der Waals surface area contributed by atoms with Gasteiger partial charge in [0.2, 0.25) is 0 Å². The number of benzene rings is 1. The molecule has 3 rings (SSSR count). The SMILES string of the molecule is CCNCc1oc2c(I)cccc2c1C1CC1. The summed E-state index contributed by atoms with van der Waals surface area (Å²) in [5.74, 6) is 1.89. The van der Waals surface area contributed by atoms with Crippen LogP contribution in [0.2, 0.25) is 0 Å². The van der Waals surface area contributed by atoms with Crippen LogP contribution in [0.4, 0.5) is 0 Å². The number of para-hydroxylation sites is 1. The van der Waals surface area contributed by atoms with E-state index in [1.165, 1.54) is 27.4 Å². The topological polar surface area (TPSA) is 25.2 Å². The van der Waals surface area contributed by atoms with Gasteiger partial charge in [-0.25, -0.2) is 0 Å². The van der Waals surface area contributed by atoms with E-state index in [0.717, 1.165) is 30.4 Å². The van der Waals surface area contributed by atoms with Crippen molar-refractivity contribution in [1.29, 1.82) is 0 Å². The zero-order chi connectivity index (χ0) is 11.8. The number of furan rings is 1. The van der Waals surface area contributed by atoms with Crippen LogP contribution in [-0.4, -0.2) is 6.54 Å². The quantitative estimate of drug-likeness (QED) is 0.850. The molecule has 1 N–H and O–H groups in total. The number of fused-ring (bicyclic) bond motifs is 1. The normalized spacial score (nSPS) is 15.6. The third-order valence-corrected chi connectivity index (χ3v) is 4.15. The summed E-state index contributed by atoms with van der Waals surface area (Å²) in [6.07, 6.45) is 2.64. The van der Waals surface area contributed by atoms with E-state index in [4.69, 9.17) is 4.42 Å². The molecule has 3 heteroatoms. The van der Waals surface area contributed by atoms with E-state index in [-0.39, 0.29) is 0 Å². The molecule has 17 heavy (non-hydrogen) atoms. The third-order valence-electron chi connectivity index (χ3n) is 3.30. The average molecular weight is 341 g/mol. The number of hydrogen-bond donors (Lipinski definition) is 1. The summed E-state index contributed by atoms with van der Waals surface area (Å²) < 4.78 is 7.28. The monoisotopic (exact) mass is 341 g/mol. The van der Waals surface area contributed by atoms with Crippen molar-refractivity contribution >= 4 is 33.6 Å². The number of rotatable bonds is 4. The molecule has 0 saturated heterocycles. The van der Waals surface area contributed by atoms with E-state index in [1.54, 1.807) is 0 Å². The predicted octanol–water partition coefficient (Wildman–Crippen LogP) is 4.02. The molecular weight excluding hydrogens is 325 g/mol. The molecule has 1 aliphatic carbocycles. The number of halogens is 1. The lowest BCUT2D eigenvalue weighted by molar-refractivity contribution is 0.512. The molecule has 90 valence electrons. The van der Waals surface area contributed by atoms with Crippen molar-refractivity contribution in [3.8, 4) is 0 Å². The maximum Gasteiger partial charge on any atom is 0.147 e. The van der Waals surface area contributed by atoms with Crippen LogP contribution in [0.1, 0.15) is 37.0 Å². The molecule has 0 spiro atoms. The largest absolute Gasteiger partial charge is 0.458 e. The van der Waals surface area contributed by atoms with E-state index in [0.29, 0.717) is 0 Å². The zero-order valence-electron chi connectivity index (χ0n) is 9.92. The first-order valence-electron chi connectivity index (χ1n) is 6.21. The van der Waals surface area contributed by atoms with Crippen LogP contribution in [-0.2, 0) is 6.54 Å². The summed E-state index contributed by atoms with van der Waals surface area (Å²) in [5.41, 5.74) is 2.53. The zero-order valence-corrected chi connectivity index (χ0v) is 12.1. The van der Waals surface area contributed by atoms with Crippen LogP contribution in [0.5, 0.6) is 0 Å². The first-order chi connectivity index (χ1) is 8.31. The van der Waals surface area contributed by atoms with Gasteiger partial charge in [0.05, 0.1) is 10.1 Å². The molecule has 1 aliphatic rings. The molecule has 0 unspecified atom stereocenters. The minimum atomic E-state index is 0.739. The molecule has 0 atom stereocenters. The molecule has 0 bridgehead atoms. The lowest BCUT2D eigenvalue weighted by atomic mass is 10.1. The molecule has 1 heterocycles. The van der Waals surface area contributed by atoms with Crippen molar-refractivity contribution in [1.82, 2.24) is 5.32 Å². The summed E-state index contributed by atoms with van der Waals surface area (Å²) in [7, 11) is 0. The average Bonchev–Trinajstić information content (AvgIpc) is 3.09. The van der Waals surface area contributed by atoms with Gasteiger partial charge in [-0.15, -0.1) is 0 Å². The highest BCUT2D eigenvalue weighted by molar-refractivity contribution is 14.1. The van der Waals surface area contributed by atoms with Gasteiger partial charge in [0.15, 0.2) is 0 Å². The second-order valence-corrected chi connectivity index (χ2v) is 5.77. The second-order valence-electron chi connectivity index (χ2n) is 4.61. The van der Waals surface area contributed by atoms with Crippen molar-refractivity contribution in [2.45, 2.75) is 32.2 Å². The van der Waals surface area contributed by atoms with E-state index in [1.807, 2.05) is 0 Å². The molecular formula is C14H16INO. The molecule has 2 aromatic rings. The van der Waals surface area contributed by atoms with Gasteiger partial charge in [-0.1, -0.05) is 19.1 Å². The Labute approximate surface area is 115 Å². The van der Waals surface area contributed by atoms with Gasteiger partial charge < -0.3 is 9.73 Å². The van der Waals surface area contributed by atoms with E-state index < -0.39 is 0 Å². The summed E-state index contributed by atoms with van der Waals surface area (Å²) in [4.78, 5) is 0. The highest BCUT2D eigenvalue weighted by Crippen LogP contribution is 2.46. The van der Waals surface area contributed by atoms with E-state index in [2.05, 4.69) is 53.0 Å². The fraction of sp³-hybridized carbons (Fsp3) is 0.429. The molecule has 0 amide bonds. The van der Waals surface area contributed by atoms with Gasteiger partial charge in [0.1, 0.15) is 11.3 Å². The maximum absolute atomic E-state index is 6.06. The van der Waals surface area contributed by atoms with Crippen LogP contribution >= 0.6 is 22.6 Å². The van der Waals surface area contributed by atoms with Gasteiger partial charge in [0, 0.05) is 10.9 Å². The Morgan fingerprint density at radius 1 is 1.41 bits per heavy atom. The number of nitrogens with one attached hydrogen (secondary N) is 1. The van der Waals surface area contributed by atoms with Crippen molar-refractivity contribution < 1.29 is 4.42 Å². The Hall–Kier alpha value is -0.550. The predicted molar refractivity (Wildman–Crippen MR) is 78.3 cm³/mol. The molecule has 0 aliphatic heterocycles. The summed E-state index contributed by atoms with van der Waals surface area (Å²) >= 11 is 2.36. The molecule has 1 saturated carbocycles. The Bertz CT molecular complexity index is 542. The first kappa shape index (κ1) is 11.5. The Kier molecular flexibility index (Phi) is 3.13. The summed E-state index contributed by atoms with van der Waals surface area (Å²) in [6.45, 7) is 3.97. The fourth-order valence-electron chi connectivity index (χ4n) is 2.34. The van der Waals surface area contributed by atoms with Crippen LogP contribution in [0, 0.1) is 3.57 Å². The van der Waals surface area contributed by atoms with Gasteiger partial charge in [-0.3, -0.25) is 0 Å². The van der Waals surface area contributed by atoms with Crippen LogP contribution in [0.25, 0.3) is 11.0 Å². The maximum atomic E-state index is 6.06. The smallest absolute Gasteiger partial charge is 0.147 e. The van der Waals surface area contributed by atoms with Crippen molar-refractivity contribution in [2.24, 2.45) is 0 Å². The molecule has 1 fully saturated rings. The van der Waals surface area contributed by atoms with Crippen molar-refractivity contribution in [3.63, 3.8) is 0 Å². The summed E-state index contributed by atoms with van der Waals surface area (Å²) in [6, 6.07) is 6.44. The number of hydrogen-bond acceptors (Lipinski definition) is 2. The Balaban J connectivity index is 2.12. The van der Waals surface area contributed by atoms with Gasteiger partial charge >= 0.3 is 0 Å². The van der Waals surface area contributed by atoms with E-state index >= 15 is 0 Å². The van der Waals surface area contributed by atoms with Crippen LogP contribution < -0.4 is 5.32 Å². The standard InChI is InChI=1S/C14H16INO/c1-2-16-8-12-13(9-6-7-9)10-4-3-5-11(15)14(10)17-12/h3-5,9,16H,2,6-8H2,1H3. The second kappa shape index (κ2) is 4.61. The minimum absolute atomic E-state index is 0.739. The lowest BCUT2D eigenvalue weighted by Crippen LogP contribution is -2.12. The first-order valence-corrected chi connectivity index (χ1v) is 7.29. The highest BCUT2D eigenvalue weighted by atomic mass is 127. The fourth-order valence-corrected chi connectivity index (χ4v) is 2.95. The molecule has 1 aromatic carbocycles. The molecule has 0 radical (unpaired) electrons.